The highest BCUT2D eigenvalue weighted by Gasteiger charge is 2.24. The number of carbonyl (C=O) groups is 1. The first-order valence-electron chi connectivity index (χ1n) is 7.16. The van der Waals surface area contributed by atoms with Crippen molar-refractivity contribution >= 4 is 49.0 Å². The van der Waals surface area contributed by atoms with Crippen LogP contribution in [-0.2, 0) is 9.53 Å². The van der Waals surface area contributed by atoms with Gasteiger partial charge in [0.25, 0.3) is 5.56 Å². The highest BCUT2D eigenvalue weighted by atomic mass is 79.9. The zero-order chi connectivity index (χ0) is 17.5. The van der Waals surface area contributed by atoms with Crippen LogP contribution in [0.2, 0.25) is 0 Å². The van der Waals surface area contributed by atoms with Gasteiger partial charge in [-0.25, -0.2) is 4.79 Å². The van der Waals surface area contributed by atoms with Gasteiger partial charge in [0.15, 0.2) is 0 Å². The summed E-state index contributed by atoms with van der Waals surface area (Å²) in [6.45, 7) is 12.9. The monoisotopic (exact) mass is 398 g/mol. The van der Waals surface area contributed by atoms with Crippen molar-refractivity contribution in [3.63, 3.8) is 0 Å². The largest absolute Gasteiger partial charge is 0.455 e. The van der Waals surface area contributed by atoms with Gasteiger partial charge in [0, 0.05) is 5.39 Å². The molecule has 2 rings (SSSR count). The summed E-state index contributed by atoms with van der Waals surface area (Å²) in [5, 5.41) is 5.15. The van der Waals surface area contributed by atoms with E-state index in [1.54, 1.807) is 20.8 Å². The standard InChI is InChI=1S/C16H19BrN2O3S/c1-8(2)12-10-7-11(17)23-13(10)14(20)19(18-12)9(3)15(21)22-16(4,5)6/h7-8H,3H2,1-2,4-6H3. The Morgan fingerprint density at radius 2 is 2.04 bits per heavy atom. The molecule has 0 unspecified atom stereocenters. The molecule has 0 aliphatic carbocycles. The van der Waals surface area contributed by atoms with Crippen molar-refractivity contribution in [1.82, 2.24) is 9.78 Å². The highest BCUT2D eigenvalue weighted by molar-refractivity contribution is 9.11. The van der Waals surface area contributed by atoms with E-state index in [9.17, 15) is 9.59 Å². The van der Waals surface area contributed by atoms with Gasteiger partial charge >= 0.3 is 5.97 Å². The zero-order valence-corrected chi connectivity index (χ0v) is 16.2. The van der Waals surface area contributed by atoms with Crippen LogP contribution in [-0.4, -0.2) is 21.4 Å². The Bertz CT molecular complexity index is 843. The molecule has 2 aromatic rings. The van der Waals surface area contributed by atoms with Crippen LogP contribution in [0.3, 0.4) is 0 Å². The molecule has 2 heterocycles. The molecule has 0 spiro atoms. The Kier molecular flexibility index (Phi) is 4.82. The lowest BCUT2D eigenvalue weighted by atomic mass is 10.1. The number of aromatic nitrogens is 2. The number of halogens is 1. The number of ether oxygens (including phenoxy) is 1. The van der Waals surface area contributed by atoms with Crippen LogP contribution >= 0.6 is 27.3 Å². The summed E-state index contributed by atoms with van der Waals surface area (Å²) >= 11 is 4.72. The third-order valence-electron chi connectivity index (χ3n) is 3.01. The van der Waals surface area contributed by atoms with Gasteiger partial charge in [-0.15, -0.1) is 11.3 Å². The van der Waals surface area contributed by atoms with Crippen LogP contribution in [0.4, 0.5) is 0 Å². The fourth-order valence-corrected chi connectivity index (χ4v) is 3.58. The van der Waals surface area contributed by atoms with Crippen LogP contribution < -0.4 is 5.56 Å². The molecule has 0 bridgehead atoms. The summed E-state index contributed by atoms with van der Waals surface area (Å²) in [6, 6.07) is 1.88. The summed E-state index contributed by atoms with van der Waals surface area (Å²) < 4.78 is 7.72. The number of thiophene rings is 1. The summed E-state index contributed by atoms with van der Waals surface area (Å²) in [4.78, 5) is 24.9. The van der Waals surface area contributed by atoms with Crippen molar-refractivity contribution < 1.29 is 9.53 Å². The molecule has 0 amide bonds. The predicted molar refractivity (Wildman–Crippen MR) is 96.8 cm³/mol. The van der Waals surface area contributed by atoms with E-state index in [0.29, 0.717) is 4.70 Å². The van der Waals surface area contributed by atoms with Crippen LogP contribution in [0.1, 0.15) is 46.2 Å². The van der Waals surface area contributed by atoms with E-state index in [1.807, 2.05) is 19.9 Å². The fraction of sp³-hybridized carbons (Fsp3) is 0.438. The molecule has 23 heavy (non-hydrogen) atoms. The zero-order valence-electron chi connectivity index (χ0n) is 13.8. The van der Waals surface area contributed by atoms with Gasteiger partial charge in [0.2, 0.25) is 0 Å². The minimum atomic E-state index is -0.666. The van der Waals surface area contributed by atoms with E-state index in [0.717, 1.165) is 19.5 Å². The molecule has 0 N–H and O–H groups in total. The van der Waals surface area contributed by atoms with Crippen LogP contribution in [0.25, 0.3) is 15.8 Å². The first-order chi connectivity index (χ1) is 10.5. The second-order valence-corrected chi connectivity index (χ2v) is 8.93. The molecular formula is C16H19BrN2O3S. The van der Waals surface area contributed by atoms with Crippen molar-refractivity contribution in [2.24, 2.45) is 0 Å². The van der Waals surface area contributed by atoms with Gasteiger partial charge < -0.3 is 4.74 Å². The second-order valence-electron chi connectivity index (χ2n) is 6.50. The van der Waals surface area contributed by atoms with Crippen LogP contribution in [0, 0.1) is 0 Å². The Morgan fingerprint density at radius 3 is 2.57 bits per heavy atom. The van der Waals surface area contributed by atoms with Crippen molar-refractivity contribution in [3.8, 4) is 0 Å². The Labute approximate surface area is 147 Å². The first-order valence-corrected chi connectivity index (χ1v) is 8.77. The normalized spacial score (nSPS) is 12.0. The summed E-state index contributed by atoms with van der Waals surface area (Å²) in [6.07, 6.45) is 0. The number of hydrogen-bond acceptors (Lipinski definition) is 5. The van der Waals surface area contributed by atoms with Gasteiger partial charge in [0.05, 0.1) is 9.48 Å². The average Bonchev–Trinajstić information content (AvgIpc) is 2.78. The first kappa shape index (κ1) is 17.9. The van der Waals surface area contributed by atoms with Gasteiger partial charge in [-0.1, -0.05) is 20.4 Å². The lowest BCUT2D eigenvalue weighted by Gasteiger charge is -2.20. The quantitative estimate of drug-likeness (QED) is 0.575. The van der Waals surface area contributed by atoms with E-state index in [2.05, 4.69) is 27.6 Å². The van der Waals surface area contributed by atoms with Crippen molar-refractivity contribution in [1.29, 1.82) is 0 Å². The molecule has 0 fully saturated rings. The number of nitrogens with zero attached hydrogens (tertiary/aromatic N) is 2. The number of esters is 1. The molecule has 0 aromatic carbocycles. The smallest absolute Gasteiger partial charge is 0.357 e. The molecule has 0 aliphatic rings. The summed E-state index contributed by atoms with van der Waals surface area (Å²) in [5.74, 6) is -0.561. The molecule has 2 aromatic heterocycles. The van der Waals surface area contributed by atoms with E-state index in [1.165, 1.54) is 11.3 Å². The Morgan fingerprint density at radius 1 is 1.43 bits per heavy atom. The second kappa shape index (κ2) is 6.20. The average molecular weight is 399 g/mol. The van der Waals surface area contributed by atoms with Gasteiger partial charge in [-0.2, -0.15) is 9.78 Å². The molecule has 0 saturated heterocycles. The summed E-state index contributed by atoms with van der Waals surface area (Å²) in [7, 11) is 0. The third-order valence-corrected chi connectivity index (χ3v) is 4.64. The third kappa shape index (κ3) is 3.72. The molecular weight excluding hydrogens is 380 g/mol. The lowest BCUT2D eigenvalue weighted by Crippen LogP contribution is -2.31. The van der Waals surface area contributed by atoms with E-state index in [4.69, 9.17) is 4.74 Å². The lowest BCUT2D eigenvalue weighted by molar-refractivity contribution is -0.147. The van der Waals surface area contributed by atoms with Gasteiger partial charge in [0.1, 0.15) is 16.0 Å². The van der Waals surface area contributed by atoms with E-state index in [-0.39, 0.29) is 17.2 Å². The number of hydrogen-bond donors (Lipinski definition) is 0. The maximum atomic E-state index is 12.6. The molecule has 5 nitrogen and oxygen atoms in total. The molecule has 7 heteroatoms. The van der Waals surface area contributed by atoms with E-state index < -0.39 is 11.6 Å². The maximum absolute atomic E-state index is 12.6. The highest BCUT2D eigenvalue weighted by Crippen LogP contribution is 2.31. The predicted octanol–water partition coefficient (Wildman–Crippen LogP) is 4.16. The topological polar surface area (TPSA) is 61.2 Å². The Balaban J connectivity index is 2.61. The van der Waals surface area contributed by atoms with Crippen LogP contribution in [0.5, 0.6) is 0 Å². The van der Waals surface area contributed by atoms with Crippen molar-refractivity contribution in [3.05, 3.63) is 32.5 Å². The minimum absolute atomic E-state index is 0.0850. The summed E-state index contributed by atoms with van der Waals surface area (Å²) in [5.41, 5.74) is -0.374. The van der Waals surface area contributed by atoms with Gasteiger partial charge in [-0.05, 0) is 48.7 Å². The molecule has 124 valence electrons. The van der Waals surface area contributed by atoms with Crippen LogP contribution in [0.15, 0.2) is 21.2 Å². The Hall–Kier alpha value is -1.47. The molecule has 0 aliphatic heterocycles. The van der Waals surface area contributed by atoms with E-state index >= 15 is 0 Å². The van der Waals surface area contributed by atoms with Crippen molar-refractivity contribution in [2.75, 3.05) is 0 Å². The maximum Gasteiger partial charge on any atom is 0.357 e. The number of fused-ring (bicyclic) bond motifs is 1. The molecule has 0 saturated carbocycles. The molecule has 0 radical (unpaired) electrons. The SMILES string of the molecule is C=C(C(=O)OC(C)(C)C)n1nc(C(C)C)c2cc(Br)sc2c1=O. The van der Waals surface area contributed by atoms with Crippen molar-refractivity contribution in [2.45, 2.75) is 46.1 Å². The minimum Gasteiger partial charge on any atom is -0.455 e. The number of rotatable bonds is 3. The number of carbonyl (C=O) groups excluding carboxylic acids is 1. The fourth-order valence-electron chi connectivity index (χ4n) is 2.05. The molecule has 0 atom stereocenters. The van der Waals surface area contributed by atoms with Gasteiger partial charge in [-0.3, -0.25) is 4.79 Å².